The Kier molecular flexibility index (Phi) is 6.48. The molecule has 0 saturated heterocycles. The van der Waals surface area contributed by atoms with E-state index in [1.807, 2.05) is 43.3 Å². The highest BCUT2D eigenvalue weighted by atomic mass is 16.5. The van der Waals surface area contributed by atoms with Crippen molar-refractivity contribution in [2.45, 2.75) is 38.7 Å². The van der Waals surface area contributed by atoms with E-state index in [9.17, 15) is 4.79 Å². The molecule has 178 valence electrons. The third kappa shape index (κ3) is 5.04. The van der Waals surface area contributed by atoms with Gasteiger partial charge in [0.1, 0.15) is 0 Å². The van der Waals surface area contributed by atoms with Crippen molar-refractivity contribution >= 4 is 11.6 Å². The number of anilines is 1. The number of nitrogens with zero attached hydrogens (tertiary/aromatic N) is 2. The summed E-state index contributed by atoms with van der Waals surface area (Å²) in [5, 5.41) is 11.3. The van der Waals surface area contributed by atoms with Gasteiger partial charge in [-0.15, -0.1) is 10.2 Å². The molecule has 1 aromatic heterocycles. The number of carbonyl (C=O) groups excluding carboxylic acids is 1. The van der Waals surface area contributed by atoms with Gasteiger partial charge in [-0.3, -0.25) is 4.79 Å². The van der Waals surface area contributed by atoms with E-state index in [4.69, 9.17) is 13.9 Å². The van der Waals surface area contributed by atoms with Crippen molar-refractivity contribution in [1.29, 1.82) is 0 Å². The zero-order valence-electron chi connectivity index (χ0n) is 19.8. The van der Waals surface area contributed by atoms with E-state index >= 15 is 0 Å². The van der Waals surface area contributed by atoms with Crippen LogP contribution in [0.3, 0.4) is 0 Å². The van der Waals surface area contributed by atoms with Gasteiger partial charge >= 0.3 is 0 Å². The van der Waals surface area contributed by atoms with E-state index in [2.05, 4.69) is 15.5 Å². The largest absolute Gasteiger partial charge is 0.493 e. The molecule has 7 heteroatoms. The van der Waals surface area contributed by atoms with E-state index in [0.29, 0.717) is 34.5 Å². The second-order valence-corrected chi connectivity index (χ2v) is 8.65. The Morgan fingerprint density at radius 1 is 0.943 bits per heavy atom. The zero-order valence-corrected chi connectivity index (χ0v) is 19.8. The number of nitrogens with one attached hydrogen (secondary N) is 1. The van der Waals surface area contributed by atoms with Crippen molar-refractivity contribution in [3.05, 3.63) is 77.9 Å². The minimum Gasteiger partial charge on any atom is -0.493 e. The van der Waals surface area contributed by atoms with Crippen LogP contribution in [-0.2, 0) is 0 Å². The molecule has 0 unspecified atom stereocenters. The molecule has 1 N–H and O–H groups in total. The first-order chi connectivity index (χ1) is 17.1. The lowest BCUT2D eigenvalue weighted by atomic mass is 10.1. The highest BCUT2D eigenvalue weighted by Crippen LogP contribution is 2.34. The average molecular weight is 470 g/mol. The SMILES string of the molecule is COc1ccc(NC(=O)c2ccc(-c3nnc(-c4ccccc4C)o3)cc2)cc1OC1CCCC1. The van der Waals surface area contributed by atoms with Crippen molar-refractivity contribution < 1.29 is 18.7 Å². The lowest BCUT2D eigenvalue weighted by molar-refractivity contribution is 0.102. The number of methoxy groups -OCH3 is 1. The smallest absolute Gasteiger partial charge is 0.255 e. The molecule has 0 atom stereocenters. The van der Waals surface area contributed by atoms with Gasteiger partial charge in [0.15, 0.2) is 11.5 Å². The highest BCUT2D eigenvalue weighted by Gasteiger charge is 2.19. The average Bonchev–Trinajstić information content (AvgIpc) is 3.57. The maximum Gasteiger partial charge on any atom is 0.255 e. The van der Waals surface area contributed by atoms with E-state index in [0.717, 1.165) is 29.5 Å². The van der Waals surface area contributed by atoms with Crippen molar-refractivity contribution in [1.82, 2.24) is 10.2 Å². The number of aryl methyl sites for hydroxylation is 1. The maximum atomic E-state index is 12.9. The lowest BCUT2D eigenvalue weighted by Gasteiger charge is -2.17. The third-order valence-corrected chi connectivity index (χ3v) is 6.21. The molecule has 0 radical (unpaired) electrons. The maximum absolute atomic E-state index is 12.9. The highest BCUT2D eigenvalue weighted by molar-refractivity contribution is 6.04. The molecule has 1 fully saturated rings. The number of aromatic nitrogens is 2. The number of hydrogen-bond acceptors (Lipinski definition) is 6. The molecular weight excluding hydrogens is 442 g/mol. The van der Waals surface area contributed by atoms with Crippen molar-refractivity contribution in [3.8, 4) is 34.4 Å². The molecular formula is C28H27N3O4. The standard InChI is InChI=1S/C28H27N3O4/c1-18-7-3-6-10-23(18)28-31-30-27(35-28)20-13-11-19(12-14-20)26(32)29-21-15-16-24(33-2)25(17-21)34-22-8-4-5-9-22/h3,6-7,10-17,22H,4-5,8-9H2,1-2H3,(H,29,32). The van der Waals surface area contributed by atoms with Gasteiger partial charge in [-0.05, 0) is 80.6 Å². The van der Waals surface area contributed by atoms with Crippen LogP contribution < -0.4 is 14.8 Å². The Balaban J connectivity index is 1.29. The first-order valence-corrected chi connectivity index (χ1v) is 11.8. The van der Waals surface area contributed by atoms with Crippen molar-refractivity contribution in [3.63, 3.8) is 0 Å². The monoisotopic (exact) mass is 469 g/mol. The van der Waals surface area contributed by atoms with Crippen LogP contribution in [0.4, 0.5) is 5.69 Å². The summed E-state index contributed by atoms with van der Waals surface area (Å²) in [6.45, 7) is 2.00. The van der Waals surface area contributed by atoms with Gasteiger partial charge in [0, 0.05) is 28.4 Å². The number of ether oxygens (including phenoxy) is 2. The Bertz CT molecular complexity index is 1320. The lowest BCUT2D eigenvalue weighted by Crippen LogP contribution is -2.14. The van der Waals surface area contributed by atoms with Gasteiger partial charge < -0.3 is 19.2 Å². The summed E-state index contributed by atoms with van der Waals surface area (Å²) in [4.78, 5) is 12.9. The minimum atomic E-state index is -0.223. The molecule has 5 rings (SSSR count). The quantitative estimate of drug-likeness (QED) is 0.342. The molecule has 1 saturated carbocycles. The molecule has 0 bridgehead atoms. The van der Waals surface area contributed by atoms with Crippen molar-refractivity contribution in [2.24, 2.45) is 0 Å². The van der Waals surface area contributed by atoms with Gasteiger partial charge in [0.2, 0.25) is 11.8 Å². The molecule has 35 heavy (non-hydrogen) atoms. The van der Waals surface area contributed by atoms with E-state index in [1.165, 1.54) is 12.8 Å². The molecule has 0 aliphatic heterocycles. The molecule has 1 aliphatic rings. The Morgan fingerprint density at radius 2 is 1.69 bits per heavy atom. The van der Waals surface area contributed by atoms with Crippen LogP contribution in [0.5, 0.6) is 11.5 Å². The topological polar surface area (TPSA) is 86.5 Å². The Morgan fingerprint density at radius 3 is 2.43 bits per heavy atom. The molecule has 1 heterocycles. The summed E-state index contributed by atoms with van der Waals surface area (Å²) in [5.74, 6) is 1.95. The third-order valence-electron chi connectivity index (χ3n) is 6.21. The van der Waals surface area contributed by atoms with E-state index in [-0.39, 0.29) is 12.0 Å². The van der Waals surface area contributed by atoms with Gasteiger partial charge in [-0.1, -0.05) is 18.2 Å². The molecule has 3 aromatic carbocycles. The summed E-state index contributed by atoms with van der Waals surface area (Å²) < 4.78 is 17.4. The molecule has 0 spiro atoms. The zero-order chi connectivity index (χ0) is 24.2. The van der Waals surface area contributed by atoms with Gasteiger partial charge in [0.05, 0.1) is 13.2 Å². The number of benzene rings is 3. The van der Waals surface area contributed by atoms with Crippen LogP contribution >= 0.6 is 0 Å². The van der Waals surface area contributed by atoms with E-state index < -0.39 is 0 Å². The summed E-state index contributed by atoms with van der Waals surface area (Å²) in [6, 6.07) is 20.4. The van der Waals surface area contributed by atoms with Gasteiger partial charge in [-0.2, -0.15) is 0 Å². The molecule has 4 aromatic rings. The predicted molar refractivity (Wildman–Crippen MR) is 134 cm³/mol. The fraction of sp³-hybridized carbons (Fsp3) is 0.250. The number of rotatable bonds is 7. The number of carbonyl (C=O) groups is 1. The Labute approximate surface area is 204 Å². The fourth-order valence-electron chi connectivity index (χ4n) is 4.26. The fourth-order valence-corrected chi connectivity index (χ4v) is 4.26. The second kappa shape index (κ2) is 10.0. The van der Waals surface area contributed by atoms with Crippen LogP contribution in [0.2, 0.25) is 0 Å². The summed E-state index contributed by atoms with van der Waals surface area (Å²) in [6.07, 6.45) is 4.63. The van der Waals surface area contributed by atoms with Gasteiger partial charge in [0.25, 0.3) is 5.91 Å². The first kappa shape index (κ1) is 22.7. The summed E-state index contributed by atoms with van der Waals surface area (Å²) in [5.41, 5.74) is 3.86. The molecule has 1 aliphatic carbocycles. The van der Waals surface area contributed by atoms with Crippen LogP contribution in [-0.4, -0.2) is 29.3 Å². The van der Waals surface area contributed by atoms with Crippen LogP contribution in [0, 0.1) is 6.92 Å². The molecule has 1 amide bonds. The number of hydrogen-bond donors (Lipinski definition) is 1. The molecule has 7 nitrogen and oxygen atoms in total. The van der Waals surface area contributed by atoms with Crippen LogP contribution in [0.1, 0.15) is 41.6 Å². The van der Waals surface area contributed by atoms with Crippen LogP contribution in [0.25, 0.3) is 22.9 Å². The normalized spacial score (nSPS) is 13.5. The first-order valence-electron chi connectivity index (χ1n) is 11.8. The summed E-state index contributed by atoms with van der Waals surface area (Å²) >= 11 is 0. The Hall–Kier alpha value is -4.13. The predicted octanol–water partition coefficient (Wildman–Crippen LogP) is 6.29. The second-order valence-electron chi connectivity index (χ2n) is 8.65. The number of amides is 1. The summed E-state index contributed by atoms with van der Waals surface area (Å²) in [7, 11) is 1.62. The van der Waals surface area contributed by atoms with Gasteiger partial charge in [-0.25, -0.2) is 0 Å². The minimum absolute atomic E-state index is 0.193. The van der Waals surface area contributed by atoms with Crippen molar-refractivity contribution in [2.75, 3.05) is 12.4 Å². The van der Waals surface area contributed by atoms with Crippen LogP contribution in [0.15, 0.2) is 71.1 Å². The van der Waals surface area contributed by atoms with E-state index in [1.54, 1.807) is 37.4 Å².